The van der Waals surface area contributed by atoms with Crippen LogP contribution in [0.4, 0.5) is 27.5 Å². The third kappa shape index (κ3) is 5.53. The van der Waals surface area contributed by atoms with Crippen molar-refractivity contribution < 1.29 is 9.13 Å². The largest absolute Gasteiger partial charge is 0.464 e. The number of anilines is 4. The first-order valence-corrected chi connectivity index (χ1v) is 9.42. The minimum Gasteiger partial charge on any atom is -0.464 e. The Labute approximate surface area is 180 Å². The molecule has 0 fully saturated rings. The molecule has 3 rings (SSSR count). The third-order valence-electron chi connectivity index (χ3n) is 3.62. The Bertz CT molecular complexity index is 1110. The molecule has 0 spiro atoms. The zero-order valence-electron chi connectivity index (χ0n) is 15.1. The van der Waals surface area contributed by atoms with Crippen LogP contribution in [0.2, 0.25) is 0 Å². The molecule has 0 saturated carbocycles. The van der Waals surface area contributed by atoms with E-state index >= 15 is 0 Å². The molecule has 1 unspecified atom stereocenters. The molecule has 0 radical (unpaired) electrons. The average molecular weight is 500 g/mol. The molecule has 2 aromatic carbocycles. The third-order valence-corrected chi connectivity index (χ3v) is 4.08. The van der Waals surface area contributed by atoms with Gasteiger partial charge < -0.3 is 15.4 Å². The standard InChI is InChI=1S/C20H14FIN6O/c1-20(22,12-24)29-16-7-5-14(6-8-16)26-18-17(21)11-25-19(28-18)27-15-4-2-3-13(9-15)10-23/h2-9,11H,1H3,(H2,25,26,27,28). The summed E-state index contributed by atoms with van der Waals surface area (Å²) in [6.07, 6.45) is 1.05. The van der Waals surface area contributed by atoms with Gasteiger partial charge in [-0.05, 0) is 72.0 Å². The molecule has 0 aliphatic carbocycles. The Kier molecular flexibility index (Phi) is 6.10. The van der Waals surface area contributed by atoms with Gasteiger partial charge in [0, 0.05) is 11.4 Å². The highest BCUT2D eigenvalue weighted by Crippen LogP contribution is 2.26. The fourth-order valence-electron chi connectivity index (χ4n) is 2.30. The second-order valence-corrected chi connectivity index (χ2v) is 8.05. The maximum absolute atomic E-state index is 14.1. The van der Waals surface area contributed by atoms with E-state index < -0.39 is 9.43 Å². The van der Waals surface area contributed by atoms with E-state index in [4.69, 9.17) is 15.3 Å². The fourth-order valence-corrected chi connectivity index (χ4v) is 2.55. The van der Waals surface area contributed by atoms with E-state index in [0.29, 0.717) is 22.7 Å². The Morgan fingerprint density at radius 2 is 1.86 bits per heavy atom. The molecule has 1 atom stereocenters. The van der Waals surface area contributed by atoms with E-state index in [9.17, 15) is 4.39 Å². The summed E-state index contributed by atoms with van der Waals surface area (Å²) in [4.78, 5) is 8.07. The van der Waals surface area contributed by atoms with Crippen LogP contribution in [-0.2, 0) is 0 Å². The molecule has 0 aliphatic heterocycles. The van der Waals surface area contributed by atoms with Crippen LogP contribution in [0.25, 0.3) is 0 Å². The van der Waals surface area contributed by atoms with Crippen molar-refractivity contribution in [2.24, 2.45) is 0 Å². The van der Waals surface area contributed by atoms with Gasteiger partial charge in [0.1, 0.15) is 11.8 Å². The average Bonchev–Trinajstić information content (AvgIpc) is 2.72. The van der Waals surface area contributed by atoms with Crippen molar-refractivity contribution in [3.8, 4) is 17.9 Å². The number of rotatable bonds is 6. The lowest BCUT2D eigenvalue weighted by Crippen LogP contribution is -2.21. The van der Waals surface area contributed by atoms with E-state index in [0.717, 1.165) is 6.20 Å². The van der Waals surface area contributed by atoms with E-state index in [1.165, 1.54) is 0 Å². The van der Waals surface area contributed by atoms with Crippen molar-refractivity contribution in [2.75, 3.05) is 10.6 Å². The number of halogens is 2. The number of ether oxygens (including phenoxy) is 1. The maximum Gasteiger partial charge on any atom is 0.241 e. The molecular weight excluding hydrogens is 486 g/mol. The second-order valence-electron chi connectivity index (χ2n) is 5.99. The number of benzene rings is 2. The smallest absolute Gasteiger partial charge is 0.241 e. The highest BCUT2D eigenvalue weighted by atomic mass is 127. The first kappa shape index (κ1) is 20.3. The monoisotopic (exact) mass is 500 g/mol. The van der Waals surface area contributed by atoms with E-state index in [1.807, 2.05) is 34.7 Å². The molecule has 0 amide bonds. The number of nitrogens with one attached hydrogen (secondary N) is 2. The number of aromatic nitrogens is 2. The molecule has 3 aromatic rings. The van der Waals surface area contributed by atoms with Gasteiger partial charge in [-0.2, -0.15) is 15.5 Å². The molecule has 7 nitrogen and oxygen atoms in total. The normalized spacial score (nSPS) is 12.2. The first-order valence-electron chi connectivity index (χ1n) is 8.34. The number of nitriles is 2. The van der Waals surface area contributed by atoms with Crippen molar-refractivity contribution in [3.05, 3.63) is 66.1 Å². The van der Waals surface area contributed by atoms with Gasteiger partial charge in [0.05, 0.1) is 17.8 Å². The Morgan fingerprint density at radius 3 is 2.55 bits per heavy atom. The predicted molar refractivity (Wildman–Crippen MR) is 115 cm³/mol. The van der Waals surface area contributed by atoms with Crippen molar-refractivity contribution in [1.82, 2.24) is 9.97 Å². The second kappa shape index (κ2) is 8.71. The molecule has 1 aromatic heterocycles. The van der Waals surface area contributed by atoms with E-state index in [1.54, 1.807) is 55.5 Å². The summed E-state index contributed by atoms with van der Waals surface area (Å²) >= 11 is 1.90. The number of hydrogen-bond donors (Lipinski definition) is 2. The quantitative estimate of drug-likeness (QED) is 0.361. The Hall–Kier alpha value is -3.44. The van der Waals surface area contributed by atoms with Gasteiger partial charge >= 0.3 is 0 Å². The van der Waals surface area contributed by atoms with Gasteiger partial charge in [0.2, 0.25) is 9.56 Å². The molecule has 29 heavy (non-hydrogen) atoms. The lowest BCUT2D eigenvalue weighted by Gasteiger charge is -2.16. The minimum absolute atomic E-state index is 0.0108. The SMILES string of the molecule is CC(I)(C#N)Oc1ccc(Nc2nc(Nc3cccc(C#N)c3)ncc2F)cc1. The Morgan fingerprint density at radius 1 is 1.10 bits per heavy atom. The van der Waals surface area contributed by atoms with Gasteiger partial charge in [0.25, 0.3) is 0 Å². The lowest BCUT2D eigenvalue weighted by molar-refractivity contribution is 0.260. The fraction of sp³-hybridized carbons (Fsp3) is 0.100. The van der Waals surface area contributed by atoms with Gasteiger partial charge in [-0.1, -0.05) is 6.07 Å². The van der Waals surface area contributed by atoms with Crippen molar-refractivity contribution in [3.63, 3.8) is 0 Å². The van der Waals surface area contributed by atoms with Crippen LogP contribution in [0, 0.1) is 28.5 Å². The summed E-state index contributed by atoms with van der Waals surface area (Å²) in [5, 5.41) is 23.8. The van der Waals surface area contributed by atoms with Gasteiger partial charge in [-0.25, -0.2) is 9.37 Å². The molecule has 9 heteroatoms. The van der Waals surface area contributed by atoms with Crippen molar-refractivity contribution >= 4 is 45.7 Å². The maximum atomic E-state index is 14.1. The van der Waals surface area contributed by atoms with E-state index in [-0.39, 0.29) is 11.8 Å². The Balaban J connectivity index is 1.75. The van der Waals surface area contributed by atoms with Crippen LogP contribution in [0.15, 0.2) is 54.7 Å². The summed E-state index contributed by atoms with van der Waals surface area (Å²) in [6.45, 7) is 1.65. The van der Waals surface area contributed by atoms with Crippen molar-refractivity contribution in [2.45, 2.75) is 10.5 Å². The molecule has 0 aliphatic rings. The zero-order chi connectivity index (χ0) is 20.9. The molecule has 1 heterocycles. The summed E-state index contributed by atoms with van der Waals surface area (Å²) < 4.78 is 18.7. The lowest BCUT2D eigenvalue weighted by atomic mass is 10.2. The topological polar surface area (TPSA) is 107 Å². The highest BCUT2D eigenvalue weighted by Gasteiger charge is 2.20. The van der Waals surface area contributed by atoms with Crippen LogP contribution < -0.4 is 15.4 Å². The van der Waals surface area contributed by atoms with Crippen LogP contribution in [0.3, 0.4) is 0 Å². The van der Waals surface area contributed by atoms with Crippen LogP contribution in [0.1, 0.15) is 12.5 Å². The number of nitrogens with zero attached hydrogens (tertiary/aromatic N) is 4. The molecule has 0 bridgehead atoms. The molecule has 2 N–H and O–H groups in total. The van der Waals surface area contributed by atoms with Crippen LogP contribution in [-0.4, -0.2) is 13.6 Å². The molecular formula is C20H14FIN6O. The minimum atomic E-state index is -0.977. The van der Waals surface area contributed by atoms with Gasteiger partial charge in [-0.3, -0.25) is 0 Å². The first-order chi connectivity index (χ1) is 13.9. The zero-order valence-corrected chi connectivity index (χ0v) is 17.3. The summed E-state index contributed by atoms with van der Waals surface area (Å²) in [5.41, 5.74) is 1.68. The number of hydrogen-bond acceptors (Lipinski definition) is 7. The highest BCUT2D eigenvalue weighted by molar-refractivity contribution is 14.1. The number of alkyl halides is 1. The van der Waals surface area contributed by atoms with Gasteiger partial charge in [-0.15, -0.1) is 0 Å². The van der Waals surface area contributed by atoms with E-state index in [2.05, 4.69) is 20.6 Å². The summed E-state index contributed by atoms with van der Waals surface area (Å²) in [5.74, 6) is 0.0601. The van der Waals surface area contributed by atoms with Crippen molar-refractivity contribution in [1.29, 1.82) is 10.5 Å². The van der Waals surface area contributed by atoms with Crippen LogP contribution >= 0.6 is 22.6 Å². The predicted octanol–water partition coefficient (Wildman–Crippen LogP) is 5.03. The summed E-state index contributed by atoms with van der Waals surface area (Å²) in [6, 6.07) is 17.6. The van der Waals surface area contributed by atoms with Gasteiger partial charge in [0.15, 0.2) is 11.6 Å². The molecule has 144 valence electrons. The van der Waals surface area contributed by atoms with Crippen LogP contribution in [0.5, 0.6) is 5.75 Å². The molecule has 0 saturated heterocycles. The summed E-state index contributed by atoms with van der Waals surface area (Å²) in [7, 11) is 0.